The molecule has 2 aromatic rings. The molecule has 0 saturated heterocycles. The van der Waals surface area contributed by atoms with Gasteiger partial charge in [-0.3, -0.25) is 0 Å². The van der Waals surface area contributed by atoms with Gasteiger partial charge in [0, 0.05) is 18.4 Å². The maximum Gasteiger partial charge on any atom is 0.170 e. The van der Waals surface area contributed by atoms with E-state index in [1.54, 1.807) is 24.5 Å². The molecule has 18 heavy (non-hydrogen) atoms. The predicted molar refractivity (Wildman–Crippen MR) is 71.1 cm³/mol. The molecular weight excluding hydrogens is 249 g/mol. The SMILES string of the molecule is CCC(N)Cc1ccc(Sc2ncc[nH]2)c(F)c1. The average molecular weight is 265 g/mol. The molecule has 0 fully saturated rings. The van der Waals surface area contributed by atoms with Crippen molar-refractivity contribution in [3.8, 4) is 0 Å². The number of aromatic amines is 1. The minimum Gasteiger partial charge on any atom is -0.339 e. The van der Waals surface area contributed by atoms with Crippen LogP contribution in [0.1, 0.15) is 18.9 Å². The lowest BCUT2D eigenvalue weighted by Gasteiger charge is -2.09. The second-order valence-electron chi connectivity index (χ2n) is 4.13. The van der Waals surface area contributed by atoms with Gasteiger partial charge in [0.05, 0.1) is 4.90 Å². The Morgan fingerprint density at radius 1 is 1.50 bits per heavy atom. The van der Waals surface area contributed by atoms with Crippen LogP contribution in [-0.4, -0.2) is 16.0 Å². The molecule has 0 spiro atoms. The fraction of sp³-hybridized carbons (Fsp3) is 0.308. The minimum absolute atomic E-state index is 0.0907. The number of imidazole rings is 1. The topological polar surface area (TPSA) is 54.7 Å². The summed E-state index contributed by atoms with van der Waals surface area (Å²) >= 11 is 1.28. The first kappa shape index (κ1) is 13.1. The normalized spacial score (nSPS) is 12.6. The van der Waals surface area contributed by atoms with Gasteiger partial charge in [0.25, 0.3) is 0 Å². The maximum atomic E-state index is 13.9. The highest BCUT2D eigenvalue weighted by Crippen LogP contribution is 2.27. The first-order chi connectivity index (χ1) is 8.69. The fourth-order valence-corrected chi connectivity index (χ4v) is 2.35. The Labute approximate surface area is 110 Å². The predicted octanol–water partition coefficient (Wildman–Crippen LogP) is 2.98. The van der Waals surface area contributed by atoms with Crippen molar-refractivity contribution in [2.45, 2.75) is 35.9 Å². The van der Waals surface area contributed by atoms with Gasteiger partial charge in [0.2, 0.25) is 0 Å². The molecule has 0 bridgehead atoms. The van der Waals surface area contributed by atoms with Crippen LogP contribution in [-0.2, 0) is 6.42 Å². The Kier molecular flexibility index (Phi) is 4.38. The monoisotopic (exact) mass is 265 g/mol. The molecule has 1 aromatic heterocycles. The number of aromatic nitrogens is 2. The maximum absolute atomic E-state index is 13.9. The third kappa shape index (κ3) is 3.34. The van der Waals surface area contributed by atoms with Crippen molar-refractivity contribution >= 4 is 11.8 Å². The van der Waals surface area contributed by atoms with E-state index in [1.807, 2.05) is 13.0 Å². The van der Waals surface area contributed by atoms with Gasteiger partial charge in [-0.25, -0.2) is 9.37 Å². The van der Waals surface area contributed by atoms with Crippen LogP contribution in [0.15, 0.2) is 40.6 Å². The molecule has 1 aromatic carbocycles. The van der Waals surface area contributed by atoms with Gasteiger partial charge in [-0.15, -0.1) is 0 Å². The van der Waals surface area contributed by atoms with E-state index in [9.17, 15) is 4.39 Å². The summed E-state index contributed by atoms with van der Waals surface area (Å²) in [6, 6.07) is 5.35. The number of halogens is 1. The minimum atomic E-state index is -0.225. The summed E-state index contributed by atoms with van der Waals surface area (Å²) in [5.74, 6) is -0.225. The molecule has 0 saturated carbocycles. The quantitative estimate of drug-likeness (QED) is 0.874. The van der Waals surface area contributed by atoms with E-state index in [0.717, 1.165) is 12.0 Å². The average Bonchev–Trinajstić information content (AvgIpc) is 2.85. The van der Waals surface area contributed by atoms with Crippen LogP contribution in [0.4, 0.5) is 4.39 Å². The molecule has 0 radical (unpaired) electrons. The smallest absolute Gasteiger partial charge is 0.170 e. The summed E-state index contributed by atoms with van der Waals surface area (Å²) in [6.07, 6.45) is 4.97. The number of H-pyrrole nitrogens is 1. The van der Waals surface area contributed by atoms with Crippen LogP contribution in [0.5, 0.6) is 0 Å². The van der Waals surface area contributed by atoms with E-state index >= 15 is 0 Å². The first-order valence-corrected chi connectivity index (χ1v) is 6.72. The van der Waals surface area contributed by atoms with E-state index in [4.69, 9.17) is 5.73 Å². The number of nitrogens with two attached hydrogens (primary N) is 1. The highest BCUT2D eigenvalue weighted by Gasteiger charge is 2.08. The number of benzene rings is 1. The zero-order chi connectivity index (χ0) is 13.0. The van der Waals surface area contributed by atoms with Crippen LogP contribution in [0, 0.1) is 5.82 Å². The third-order valence-electron chi connectivity index (χ3n) is 2.70. The Bertz CT molecular complexity index is 499. The zero-order valence-electron chi connectivity index (χ0n) is 10.2. The summed E-state index contributed by atoms with van der Waals surface area (Å²) in [4.78, 5) is 7.56. The molecule has 0 amide bonds. The molecule has 3 N–H and O–H groups in total. The van der Waals surface area contributed by atoms with Crippen molar-refractivity contribution in [3.05, 3.63) is 42.0 Å². The van der Waals surface area contributed by atoms with Crippen LogP contribution < -0.4 is 5.73 Å². The van der Waals surface area contributed by atoms with Gasteiger partial charge in [0.15, 0.2) is 5.16 Å². The lowest BCUT2D eigenvalue weighted by atomic mass is 10.0. The second-order valence-corrected chi connectivity index (χ2v) is 5.16. The van der Waals surface area contributed by atoms with Crippen molar-refractivity contribution in [3.63, 3.8) is 0 Å². The van der Waals surface area contributed by atoms with Gasteiger partial charge >= 0.3 is 0 Å². The largest absolute Gasteiger partial charge is 0.339 e. The number of nitrogens with one attached hydrogen (secondary N) is 1. The van der Waals surface area contributed by atoms with Gasteiger partial charge in [-0.2, -0.15) is 0 Å². The molecule has 1 atom stereocenters. The van der Waals surface area contributed by atoms with Gasteiger partial charge < -0.3 is 10.7 Å². The summed E-state index contributed by atoms with van der Waals surface area (Å²) < 4.78 is 13.9. The molecule has 0 aliphatic carbocycles. The number of hydrogen-bond acceptors (Lipinski definition) is 3. The highest BCUT2D eigenvalue weighted by molar-refractivity contribution is 7.99. The van der Waals surface area contributed by atoms with E-state index in [2.05, 4.69) is 9.97 Å². The Morgan fingerprint density at radius 3 is 2.94 bits per heavy atom. The molecule has 1 heterocycles. The summed E-state index contributed by atoms with van der Waals surface area (Å²) in [7, 11) is 0. The van der Waals surface area contributed by atoms with Crippen LogP contribution in [0.3, 0.4) is 0 Å². The summed E-state index contributed by atoms with van der Waals surface area (Å²) in [6.45, 7) is 2.03. The van der Waals surface area contributed by atoms with Crippen molar-refractivity contribution in [1.82, 2.24) is 9.97 Å². The van der Waals surface area contributed by atoms with Gasteiger partial charge in [-0.1, -0.05) is 13.0 Å². The standard InChI is InChI=1S/C13H16FN3S/c1-2-10(15)7-9-3-4-12(11(14)8-9)18-13-16-5-6-17-13/h3-6,8,10H,2,7,15H2,1H3,(H,16,17). The Balaban J connectivity index is 2.10. The fourth-order valence-electron chi connectivity index (χ4n) is 1.61. The first-order valence-electron chi connectivity index (χ1n) is 5.90. The Hall–Kier alpha value is -1.33. The Morgan fingerprint density at radius 2 is 2.33 bits per heavy atom. The number of nitrogens with zero attached hydrogens (tertiary/aromatic N) is 1. The zero-order valence-corrected chi connectivity index (χ0v) is 11.0. The van der Waals surface area contributed by atoms with Gasteiger partial charge in [-0.05, 0) is 42.3 Å². The molecule has 2 rings (SSSR count). The summed E-state index contributed by atoms with van der Waals surface area (Å²) in [5.41, 5.74) is 6.80. The van der Waals surface area contributed by atoms with E-state index < -0.39 is 0 Å². The molecule has 0 aliphatic rings. The van der Waals surface area contributed by atoms with Crippen molar-refractivity contribution < 1.29 is 4.39 Å². The lowest BCUT2D eigenvalue weighted by molar-refractivity contribution is 0.592. The second kappa shape index (κ2) is 6.02. The molecule has 1 unspecified atom stereocenters. The number of hydrogen-bond donors (Lipinski definition) is 2. The lowest BCUT2D eigenvalue weighted by Crippen LogP contribution is -2.21. The van der Waals surface area contributed by atoms with Gasteiger partial charge in [0.1, 0.15) is 5.82 Å². The van der Waals surface area contributed by atoms with Crippen molar-refractivity contribution in [2.75, 3.05) is 0 Å². The molecule has 3 nitrogen and oxygen atoms in total. The molecule has 96 valence electrons. The van der Waals surface area contributed by atoms with E-state index in [1.165, 1.54) is 11.8 Å². The van der Waals surface area contributed by atoms with Crippen LogP contribution in [0.2, 0.25) is 0 Å². The molecule has 0 aliphatic heterocycles. The molecular formula is C13H16FN3S. The van der Waals surface area contributed by atoms with E-state index in [0.29, 0.717) is 16.5 Å². The highest BCUT2D eigenvalue weighted by atomic mass is 32.2. The summed E-state index contributed by atoms with van der Waals surface area (Å²) in [5, 5.41) is 0.687. The third-order valence-corrected chi connectivity index (χ3v) is 3.67. The van der Waals surface area contributed by atoms with Crippen LogP contribution in [0.25, 0.3) is 0 Å². The number of rotatable bonds is 5. The van der Waals surface area contributed by atoms with Crippen molar-refractivity contribution in [2.24, 2.45) is 5.73 Å². The molecule has 5 heteroatoms. The van der Waals surface area contributed by atoms with Crippen molar-refractivity contribution in [1.29, 1.82) is 0 Å². The van der Waals surface area contributed by atoms with Crippen LogP contribution >= 0.6 is 11.8 Å². The van der Waals surface area contributed by atoms with E-state index in [-0.39, 0.29) is 11.9 Å².